The number of ether oxygens (including phenoxy) is 1. The molecule has 168 valence electrons. The summed E-state index contributed by atoms with van der Waals surface area (Å²) in [6.07, 6.45) is 1.02. The van der Waals surface area contributed by atoms with Gasteiger partial charge in [-0.1, -0.05) is 30.3 Å². The standard InChI is InChI=1S/C25H28N2O4S/c1-3-27(22-9-8-19-6-4-5-7-21(19)18-22)25(28)20-14-16-26(17-15-20)32(29,30)24-12-10-23(31-2)11-13-24/h4-13,18,20H,3,14-17H2,1-2H3. The van der Waals surface area contributed by atoms with Crippen LogP contribution in [0.15, 0.2) is 71.6 Å². The number of amides is 1. The van der Waals surface area contributed by atoms with Gasteiger partial charge in [-0.15, -0.1) is 0 Å². The van der Waals surface area contributed by atoms with Gasteiger partial charge in [0.05, 0.1) is 12.0 Å². The van der Waals surface area contributed by atoms with E-state index in [9.17, 15) is 13.2 Å². The normalized spacial score (nSPS) is 15.6. The van der Waals surface area contributed by atoms with Crippen LogP contribution in [0.4, 0.5) is 5.69 Å². The molecule has 0 aromatic heterocycles. The summed E-state index contributed by atoms with van der Waals surface area (Å²) in [5.41, 5.74) is 0.879. The van der Waals surface area contributed by atoms with Gasteiger partial charge in [0.2, 0.25) is 15.9 Å². The number of carbonyl (C=O) groups is 1. The number of sulfonamides is 1. The van der Waals surface area contributed by atoms with E-state index in [1.165, 1.54) is 4.31 Å². The number of fused-ring (bicyclic) bond motifs is 1. The van der Waals surface area contributed by atoms with Crippen LogP contribution in [0.3, 0.4) is 0 Å². The molecule has 1 aliphatic heterocycles. The Morgan fingerprint density at radius 1 is 1.00 bits per heavy atom. The molecule has 4 rings (SSSR count). The van der Waals surface area contributed by atoms with Crippen LogP contribution >= 0.6 is 0 Å². The van der Waals surface area contributed by atoms with Gasteiger partial charge in [-0.05, 0) is 66.9 Å². The van der Waals surface area contributed by atoms with Gasteiger partial charge < -0.3 is 9.64 Å². The van der Waals surface area contributed by atoms with Gasteiger partial charge in [0.15, 0.2) is 0 Å². The number of piperidine rings is 1. The summed E-state index contributed by atoms with van der Waals surface area (Å²) < 4.78 is 32.6. The van der Waals surface area contributed by atoms with E-state index in [4.69, 9.17) is 4.74 Å². The van der Waals surface area contributed by atoms with E-state index < -0.39 is 10.0 Å². The van der Waals surface area contributed by atoms with Crippen molar-refractivity contribution in [3.63, 3.8) is 0 Å². The predicted molar refractivity (Wildman–Crippen MR) is 126 cm³/mol. The highest BCUT2D eigenvalue weighted by Gasteiger charge is 2.34. The number of rotatable bonds is 6. The smallest absolute Gasteiger partial charge is 0.243 e. The molecule has 0 N–H and O–H groups in total. The van der Waals surface area contributed by atoms with E-state index in [-0.39, 0.29) is 16.7 Å². The maximum atomic E-state index is 13.3. The molecule has 1 amide bonds. The number of carbonyl (C=O) groups excluding carboxylic acids is 1. The lowest BCUT2D eigenvalue weighted by molar-refractivity contribution is -0.123. The van der Waals surface area contributed by atoms with Crippen molar-refractivity contribution in [3.8, 4) is 5.75 Å². The maximum absolute atomic E-state index is 13.3. The number of hydrogen-bond donors (Lipinski definition) is 0. The van der Waals surface area contributed by atoms with E-state index in [2.05, 4.69) is 6.07 Å². The predicted octanol–water partition coefficient (Wildman–Crippen LogP) is 4.30. The molecule has 3 aromatic rings. The molecule has 0 radical (unpaired) electrons. The highest BCUT2D eigenvalue weighted by molar-refractivity contribution is 7.89. The first-order valence-electron chi connectivity index (χ1n) is 10.9. The van der Waals surface area contributed by atoms with Crippen molar-refractivity contribution < 1.29 is 17.9 Å². The van der Waals surface area contributed by atoms with Gasteiger partial charge in [0, 0.05) is 31.2 Å². The zero-order valence-corrected chi connectivity index (χ0v) is 19.2. The topological polar surface area (TPSA) is 66.9 Å². The van der Waals surface area contributed by atoms with Crippen LogP contribution in [0.5, 0.6) is 5.75 Å². The first-order valence-corrected chi connectivity index (χ1v) is 12.3. The second-order valence-electron chi connectivity index (χ2n) is 7.97. The highest BCUT2D eigenvalue weighted by atomic mass is 32.2. The van der Waals surface area contributed by atoms with Crippen molar-refractivity contribution in [2.75, 3.05) is 31.6 Å². The lowest BCUT2D eigenvalue weighted by Crippen LogP contribution is -2.44. The first-order chi connectivity index (χ1) is 15.4. The Morgan fingerprint density at radius 2 is 1.66 bits per heavy atom. The van der Waals surface area contributed by atoms with Crippen LogP contribution in [0.1, 0.15) is 19.8 Å². The minimum absolute atomic E-state index is 0.0595. The lowest BCUT2D eigenvalue weighted by atomic mass is 9.96. The average molecular weight is 453 g/mol. The summed E-state index contributed by atoms with van der Waals surface area (Å²) in [6.45, 7) is 3.21. The number of anilines is 1. The molecule has 0 spiro atoms. The fourth-order valence-electron chi connectivity index (χ4n) is 4.27. The van der Waals surface area contributed by atoms with Gasteiger partial charge in [0.1, 0.15) is 5.75 Å². The summed E-state index contributed by atoms with van der Waals surface area (Å²) in [7, 11) is -2.04. The molecule has 32 heavy (non-hydrogen) atoms. The van der Waals surface area contributed by atoms with Crippen LogP contribution in [0.25, 0.3) is 10.8 Å². The Bertz CT molecular complexity index is 1200. The third kappa shape index (κ3) is 4.36. The van der Waals surface area contributed by atoms with Crippen LogP contribution in [0, 0.1) is 5.92 Å². The highest BCUT2D eigenvalue weighted by Crippen LogP contribution is 2.29. The Morgan fingerprint density at radius 3 is 2.28 bits per heavy atom. The summed E-state index contributed by atoms with van der Waals surface area (Å²) in [4.78, 5) is 15.4. The zero-order valence-electron chi connectivity index (χ0n) is 18.4. The second-order valence-corrected chi connectivity index (χ2v) is 9.91. The molecule has 0 bridgehead atoms. The van der Waals surface area contributed by atoms with Crippen LogP contribution in [-0.4, -0.2) is 45.4 Å². The number of methoxy groups -OCH3 is 1. The molecule has 0 aliphatic carbocycles. The van der Waals surface area contributed by atoms with E-state index in [0.717, 1.165) is 16.5 Å². The molecule has 0 atom stereocenters. The fourth-order valence-corrected chi connectivity index (χ4v) is 5.74. The molecule has 1 heterocycles. The lowest BCUT2D eigenvalue weighted by Gasteiger charge is -2.33. The van der Waals surface area contributed by atoms with E-state index in [1.54, 1.807) is 31.4 Å². The van der Waals surface area contributed by atoms with Crippen molar-refractivity contribution in [1.82, 2.24) is 4.31 Å². The monoisotopic (exact) mass is 452 g/mol. The zero-order chi connectivity index (χ0) is 22.7. The van der Waals surface area contributed by atoms with Gasteiger partial charge in [-0.3, -0.25) is 4.79 Å². The second kappa shape index (κ2) is 9.30. The molecule has 0 unspecified atom stereocenters. The third-order valence-electron chi connectivity index (χ3n) is 6.13. The molecule has 1 saturated heterocycles. The van der Waals surface area contributed by atoms with Crippen molar-refractivity contribution in [1.29, 1.82) is 0 Å². The molecule has 3 aromatic carbocycles. The van der Waals surface area contributed by atoms with Gasteiger partial charge >= 0.3 is 0 Å². The maximum Gasteiger partial charge on any atom is 0.243 e. The van der Waals surface area contributed by atoms with E-state index >= 15 is 0 Å². The number of benzene rings is 3. The Hall–Kier alpha value is -2.90. The van der Waals surface area contributed by atoms with Gasteiger partial charge in [-0.2, -0.15) is 4.31 Å². The Balaban J connectivity index is 1.45. The summed E-state index contributed by atoms with van der Waals surface area (Å²) in [5, 5.41) is 2.23. The van der Waals surface area contributed by atoms with Crippen LogP contribution < -0.4 is 9.64 Å². The SMILES string of the molecule is CCN(C(=O)C1CCN(S(=O)(=O)c2ccc(OC)cc2)CC1)c1ccc2ccccc2c1. The fraction of sp³-hybridized carbons (Fsp3) is 0.320. The molecular formula is C25H28N2O4S. The van der Waals surface area contributed by atoms with E-state index in [0.29, 0.717) is 38.2 Å². The Labute approximate surface area is 189 Å². The minimum atomic E-state index is -3.59. The quantitative estimate of drug-likeness (QED) is 0.559. The van der Waals surface area contributed by atoms with Gasteiger partial charge in [0.25, 0.3) is 0 Å². The Kier molecular flexibility index (Phi) is 6.48. The molecular weight excluding hydrogens is 424 g/mol. The number of hydrogen-bond acceptors (Lipinski definition) is 4. The van der Waals surface area contributed by atoms with Crippen molar-refractivity contribution in [2.24, 2.45) is 5.92 Å². The third-order valence-corrected chi connectivity index (χ3v) is 8.04. The van der Waals surface area contributed by atoms with Crippen LogP contribution in [-0.2, 0) is 14.8 Å². The molecule has 0 saturated carbocycles. The molecule has 7 heteroatoms. The summed E-state index contributed by atoms with van der Waals surface area (Å²) in [5.74, 6) is 0.481. The molecule has 1 aliphatic rings. The van der Waals surface area contributed by atoms with Crippen LogP contribution in [0.2, 0.25) is 0 Å². The number of nitrogens with zero attached hydrogens (tertiary/aromatic N) is 2. The van der Waals surface area contributed by atoms with Crippen molar-refractivity contribution in [3.05, 3.63) is 66.7 Å². The van der Waals surface area contributed by atoms with Gasteiger partial charge in [-0.25, -0.2) is 8.42 Å². The average Bonchev–Trinajstić information content (AvgIpc) is 2.84. The molecule has 6 nitrogen and oxygen atoms in total. The van der Waals surface area contributed by atoms with E-state index in [1.807, 2.05) is 48.2 Å². The summed E-state index contributed by atoms with van der Waals surface area (Å²) in [6, 6.07) is 20.5. The van der Waals surface area contributed by atoms with Crippen molar-refractivity contribution in [2.45, 2.75) is 24.7 Å². The van der Waals surface area contributed by atoms with Crippen molar-refractivity contribution >= 4 is 32.4 Å². The largest absolute Gasteiger partial charge is 0.497 e. The molecule has 1 fully saturated rings. The first kappa shape index (κ1) is 22.3. The minimum Gasteiger partial charge on any atom is -0.497 e. The summed E-state index contributed by atoms with van der Waals surface area (Å²) >= 11 is 0.